The number of hydrogen-bond acceptors (Lipinski definition) is 3. The van der Waals surface area contributed by atoms with Crippen molar-refractivity contribution in [1.82, 2.24) is 9.55 Å². The highest BCUT2D eigenvalue weighted by molar-refractivity contribution is 7.09. The largest absolute Gasteiger partial charge is 0.481 e. The molecule has 1 unspecified atom stereocenters. The van der Waals surface area contributed by atoms with Gasteiger partial charge in [0.15, 0.2) is 0 Å². The van der Waals surface area contributed by atoms with E-state index in [2.05, 4.69) is 27.9 Å². The molecular weight excluding hydrogens is 272 g/mol. The van der Waals surface area contributed by atoms with Crippen molar-refractivity contribution in [3.63, 3.8) is 0 Å². The second-order valence-corrected chi connectivity index (χ2v) is 6.18. The number of carboxylic acids is 1. The Morgan fingerprint density at radius 1 is 1.60 bits per heavy atom. The summed E-state index contributed by atoms with van der Waals surface area (Å²) in [6, 6.07) is 4.15. The van der Waals surface area contributed by atoms with Gasteiger partial charge in [0.25, 0.3) is 0 Å². The lowest BCUT2D eigenvalue weighted by Gasteiger charge is -2.19. The fourth-order valence-electron chi connectivity index (χ4n) is 3.03. The number of nitrogens with zero attached hydrogens (tertiary/aromatic N) is 2. The highest BCUT2D eigenvalue weighted by atomic mass is 32.1. The fourth-order valence-corrected chi connectivity index (χ4v) is 3.73. The maximum Gasteiger partial charge on any atom is 0.312 e. The van der Waals surface area contributed by atoms with E-state index in [9.17, 15) is 9.90 Å². The maximum atomic E-state index is 11.4. The summed E-state index contributed by atoms with van der Waals surface area (Å²) in [7, 11) is 0. The second-order valence-electron chi connectivity index (χ2n) is 5.14. The third-order valence-electron chi connectivity index (χ3n) is 3.95. The molecule has 0 radical (unpaired) electrons. The van der Waals surface area contributed by atoms with E-state index in [0.717, 1.165) is 43.0 Å². The summed E-state index contributed by atoms with van der Waals surface area (Å²) in [5.41, 5.74) is 1.94. The van der Waals surface area contributed by atoms with E-state index in [1.165, 1.54) is 4.88 Å². The van der Waals surface area contributed by atoms with Gasteiger partial charge in [-0.15, -0.1) is 11.3 Å². The van der Waals surface area contributed by atoms with E-state index in [1.54, 1.807) is 11.3 Å². The summed E-state index contributed by atoms with van der Waals surface area (Å²) in [6.07, 6.45) is 3.39. The second kappa shape index (κ2) is 5.40. The van der Waals surface area contributed by atoms with Crippen LogP contribution in [0, 0.1) is 0 Å². The quantitative estimate of drug-likeness (QED) is 0.941. The van der Waals surface area contributed by atoms with Crippen LogP contribution in [0.15, 0.2) is 17.5 Å². The van der Waals surface area contributed by atoms with E-state index in [4.69, 9.17) is 0 Å². The molecule has 1 atom stereocenters. The number of fused-ring (bicyclic) bond motifs is 1. The van der Waals surface area contributed by atoms with Crippen molar-refractivity contribution >= 4 is 17.3 Å². The number of carboxylic acid groups (broad SMARTS) is 1. The Labute approximate surface area is 122 Å². The predicted molar refractivity (Wildman–Crippen MR) is 78.3 cm³/mol. The minimum absolute atomic E-state index is 0.423. The first-order chi connectivity index (χ1) is 9.70. The Kier molecular flexibility index (Phi) is 3.61. The lowest BCUT2D eigenvalue weighted by atomic mass is 9.90. The van der Waals surface area contributed by atoms with Gasteiger partial charge in [-0.05, 0) is 37.6 Å². The summed E-state index contributed by atoms with van der Waals surface area (Å²) in [5.74, 6) is -0.156. The molecule has 0 saturated carbocycles. The molecule has 0 spiro atoms. The van der Waals surface area contributed by atoms with Gasteiger partial charge in [0, 0.05) is 23.5 Å². The molecule has 1 aliphatic rings. The zero-order valence-corrected chi connectivity index (χ0v) is 12.3. The predicted octanol–water partition coefficient (Wildman–Crippen LogP) is 3.06. The van der Waals surface area contributed by atoms with Crippen molar-refractivity contribution in [3.8, 4) is 0 Å². The van der Waals surface area contributed by atoms with Crippen molar-refractivity contribution in [3.05, 3.63) is 39.6 Å². The van der Waals surface area contributed by atoms with Gasteiger partial charge in [0.05, 0.1) is 5.69 Å². The van der Waals surface area contributed by atoms with Crippen LogP contribution in [-0.4, -0.2) is 20.6 Å². The summed E-state index contributed by atoms with van der Waals surface area (Å²) in [6.45, 7) is 2.96. The monoisotopic (exact) mass is 290 g/mol. The lowest BCUT2D eigenvalue weighted by molar-refractivity contribution is -0.139. The average Bonchev–Trinajstić information content (AvgIpc) is 3.05. The molecular formula is C15H18N2O2S. The minimum atomic E-state index is -0.741. The molecule has 2 heterocycles. The van der Waals surface area contributed by atoms with E-state index in [0.29, 0.717) is 6.42 Å². The summed E-state index contributed by atoms with van der Waals surface area (Å²) < 4.78 is 2.21. The van der Waals surface area contributed by atoms with Gasteiger partial charge in [-0.25, -0.2) is 4.98 Å². The molecule has 3 rings (SSSR count). The number of rotatable bonds is 4. The third-order valence-corrected chi connectivity index (χ3v) is 4.82. The van der Waals surface area contributed by atoms with Gasteiger partial charge in [-0.1, -0.05) is 6.07 Å². The Hall–Kier alpha value is -1.62. The average molecular weight is 290 g/mol. The molecule has 0 aromatic carbocycles. The molecule has 0 bridgehead atoms. The molecule has 2 aromatic heterocycles. The number of aliphatic carboxylic acids is 1. The van der Waals surface area contributed by atoms with Gasteiger partial charge in [-0.3, -0.25) is 4.79 Å². The van der Waals surface area contributed by atoms with Crippen molar-refractivity contribution < 1.29 is 9.90 Å². The standard InChI is InChI=1S/C15H18N2O2S/c1-2-17-12-7-3-6-11(15(18)19)14(12)16-13(17)9-10-5-4-8-20-10/h4-5,8,11H,2-3,6-7,9H2,1H3,(H,18,19). The van der Waals surface area contributed by atoms with Crippen molar-refractivity contribution in [2.45, 2.75) is 45.1 Å². The van der Waals surface area contributed by atoms with Crippen LogP contribution < -0.4 is 0 Å². The molecule has 1 N–H and O–H groups in total. The number of carbonyl (C=O) groups is 1. The molecule has 106 valence electrons. The van der Waals surface area contributed by atoms with E-state index >= 15 is 0 Å². The summed E-state index contributed by atoms with van der Waals surface area (Å²) in [5, 5.41) is 11.4. The first-order valence-corrected chi connectivity index (χ1v) is 7.92. The van der Waals surface area contributed by atoms with Gasteiger partial charge < -0.3 is 9.67 Å². The molecule has 0 fully saturated rings. The zero-order chi connectivity index (χ0) is 14.1. The maximum absolute atomic E-state index is 11.4. The van der Waals surface area contributed by atoms with Gasteiger partial charge in [-0.2, -0.15) is 0 Å². The smallest absolute Gasteiger partial charge is 0.312 e. The van der Waals surface area contributed by atoms with E-state index in [-0.39, 0.29) is 0 Å². The molecule has 4 nitrogen and oxygen atoms in total. The highest BCUT2D eigenvalue weighted by Crippen LogP contribution is 2.32. The first-order valence-electron chi connectivity index (χ1n) is 7.04. The van der Waals surface area contributed by atoms with Crippen LogP contribution >= 0.6 is 11.3 Å². The van der Waals surface area contributed by atoms with E-state index < -0.39 is 11.9 Å². The van der Waals surface area contributed by atoms with Crippen LogP contribution in [0.4, 0.5) is 0 Å². The van der Waals surface area contributed by atoms with Crippen LogP contribution in [0.5, 0.6) is 0 Å². The summed E-state index contributed by atoms with van der Waals surface area (Å²) in [4.78, 5) is 17.4. The van der Waals surface area contributed by atoms with Crippen LogP contribution in [0.3, 0.4) is 0 Å². The van der Waals surface area contributed by atoms with Gasteiger partial charge >= 0.3 is 5.97 Å². The van der Waals surface area contributed by atoms with Gasteiger partial charge in [0.1, 0.15) is 11.7 Å². The molecule has 1 aliphatic carbocycles. The fraction of sp³-hybridized carbons (Fsp3) is 0.467. The SMILES string of the molecule is CCn1c(Cc2cccs2)nc2c1CCCC2C(=O)O. The molecule has 0 saturated heterocycles. The lowest BCUT2D eigenvalue weighted by Crippen LogP contribution is -2.19. The van der Waals surface area contributed by atoms with Gasteiger partial charge in [0.2, 0.25) is 0 Å². The molecule has 2 aromatic rings. The van der Waals surface area contributed by atoms with Crippen LogP contribution in [0.2, 0.25) is 0 Å². The zero-order valence-electron chi connectivity index (χ0n) is 11.5. The van der Waals surface area contributed by atoms with Crippen LogP contribution in [0.25, 0.3) is 0 Å². The Bertz CT molecular complexity index is 616. The molecule has 0 aliphatic heterocycles. The topological polar surface area (TPSA) is 55.1 Å². The van der Waals surface area contributed by atoms with Crippen molar-refractivity contribution in [2.24, 2.45) is 0 Å². The normalized spacial score (nSPS) is 17.9. The van der Waals surface area contributed by atoms with Crippen LogP contribution in [0.1, 0.15) is 47.8 Å². The Morgan fingerprint density at radius 2 is 2.45 bits per heavy atom. The summed E-state index contributed by atoms with van der Waals surface area (Å²) >= 11 is 1.72. The third kappa shape index (κ3) is 2.26. The number of thiophene rings is 1. The van der Waals surface area contributed by atoms with Crippen molar-refractivity contribution in [1.29, 1.82) is 0 Å². The van der Waals surface area contributed by atoms with Crippen LogP contribution in [-0.2, 0) is 24.2 Å². The highest BCUT2D eigenvalue weighted by Gasteiger charge is 2.31. The number of aromatic nitrogens is 2. The number of imidazole rings is 1. The number of hydrogen-bond donors (Lipinski definition) is 1. The first kappa shape index (κ1) is 13.4. The Morgan fingerprint density at radius 3 is 3.10 bits per heavy atom. The van der Waals surface area contributed by atoms with Crippen molar-refractivity contribution in [2.75, 3.05) is 0 Å². The Balaban J connectivity index is 2.01. The minimum Gasteiger partial charge on any atom is -0.481 e. The molecule has 5 heteroatoms. The molecule has 0 amide bonds. The molecule has 20 heavy (non-hydrogen) atoms. The van der Waals surface area contributed by atoms with E-state index in [1.807, 2.05) is 6.07 Å².